The summed E-state index contributed by atoms with van der Waals surface area (Å²) in [5, 5.41) is 11.5. The van der Waals surface area contributed by atoms with Gasteiger partial charge in [-0.15, -0.1) is 11.3 Å². The lowest BCUT2D eigenvalue weighted by atomic mass is 10.1. The first-order valence-corrected chi connectivity index (χ1v) is 5.45. The van der Waals surface area contributed by atoms with Crippen molar-refractivity contribution in [2.24, 2.45) is 0 Å². The van der Waals surface area contributed by atoms with E-state index in [4.69, 9.17) is 5.26 Å². The quantitative estimate of drug-likeness (QED) is 0.683. The summed E-state index contributed by atoms with van der Waals surface area (Å²) >= 11 is 3.42. The smallest absolute Gasteiger partial charge is 0.139 e. The zero-order valence-electron chi connectivity index (χ0n) is 6.34. The average molecular weight is 303 g/mol. The number of fused-ring (bicyclic) bond motifs is 1. The van der Waals surface area contributed by atoms with Crippen LogP contribution in [0.15, 0.2) is 17.5 Å². The van der Waals surface area contributed by atoms with Crippen molar-refractivity contribution in [3.8, 4) is 6.07 Å². The SMILES string of the molecule is N#Cc1cc(F)c(I)c2sccc12. The van der Waals surface area contributed by atoms with Crippen LogP contribution in [0.3, 0.4) is 0 Å². The summed E-state index contributed by atoms with van der Waals surface area (Å²) < 4.78 is 14.7. The lowest BCUT2D eigenvalue weighted by molar-refractivity contribution is 0.622. The van der Waals surface area contributed by atoms with Gasteiger partial charge >= 0.3 is 0 Å². The lowest BCUT2D eigenvalue weighted by Crippen LogP contribution is -1.85. The second-order valence-corrected chi connectivity index (χ2v) is 4.49. The molecule has 0 radical (unpaired) electrons. The summed E-state index contributed by atoms with van der Waals surface area (Å²) in [7, 11) is 0. The average Bonchev–Trinajstić information content (AvgIpc) is 2.60. The standard InChI is InChI=1S/C9H3FINS/c10-7-3-5(4-12)6-1-2-13-9(6)8(7)11/h1-3H. The first kappa shape index (κ1) is 8.91. The van der Waals surface area contributed by atoms with E-state index in [1.807, 2.05) is 40.1 Å². The number of halogens is 2. The van der Waals surface area contributed by atoms with Gasteiger partial charge in [0.1, 0.15) is 5.82 Å². The number of rotatable bonds is 0. The van der Waals surface area contributed by atoms with Crippen LogP contribution >= 0.6 is 33.9 Å². The van der Waals surface area contributed by atoms with E-state index in [0.29, 0.717) is 9.13 Å². The molecule has 0 aliphatic rings. The summed E-state index contributed by atoms with van der Waals surface area (Å²) in [6.45, 7) is 0. The third-order valence-corrected chi connectivity index (χ3v) is 4.11. The Morgan fingerprint density at radius 3 is 3.00 bits per heavy atom. The van der Waals surface area contributed by atoms with Gasteiger partial charge in [-0.2, -0.15) is 5.26 Å². The molecule has 0 bridgehead atoms. The van der Waals surface area contributed by atoms with Crippen LogP contribution in [-0.4, -0.2) is 0 Å². The third-order valence-electron chi connectivity index (χ3n) is 1.76. The highest BCUT2D eigenvalue weighted by molar-refractivity contribution is 14.1. The highest BCUT2D eigenvalue weighted by Gasteiger charge is 2.10. The maximum atomic E-state index is 13.2. The van der Waals surface area contributed by atoms with E-state index >= 15 is 0 Å². The molecular weight excluding hydrogens is 300 g/mol. The van der Waals surface area contributed by atoms with Crippen molar-refractivity contribution in [3.63, 3.8) is 0 Å². The lowest BCUT2D eigenvalue weighted by Gasteiger charge is -1.97. The van der Waals surface area contributed by atoms with Gasteiger partial charge in [-0.3, -0.25) is 0 Å². The maximum Gasteiger partial charge on any atom is 0.139 e. The molecule has 0 saturated carbocycles. The summed E-state index contributed by atoms with van der Waals surface area (Å²) in [4.78, 5) is 0. The Morgan fingerprint density at radius 1 is 1.54 bits per heavy atom. The van der Waals surface area contributed by atoms with Gasteiger partial charge in [-0.1, -0.05) is 0 Å². The number of nitrogens with zero attached hydrogens (tertiary/aromatic N) is 1. The Morgan fingerprint density at radius 2 is 2.31 bits per heavy atom. The van der Waals surface area contributed by atoms with Crippen LogP contribution < -0.4 is 0 Å². The molecule has 0 N–H and O–H groups in total. The molecule has 1 aromatic heterocycles. The number of thiophene rings is 1. The van der Waals surface area contributed by atoms with Gasteiger partial charge in [0.2, 0.25) is 0 Å². The molecule has 0 atom stereocenters. The van der Waals surface area contributed by atoms with E-state index in [2.05, 4.69) is 0 Å². The van der Waals surface area contributed by atoms with Gasteiger partial charge in [0, 0.05) is 5.39 Å². The molecule has 2 aromatic rings. The van der Waals surface area contributed by atoms with Gasteiger partial charge in [0.05, 0.1) is 19.9 Å². The van der Waals surface area contributed by atoms with Gasteiger partial charge in [-0.05, 0) is 40.1 Å². The first-order chi connectivity index (χ1) is 6.24. The third kappa shape index (κ3) is 1.32. The fraction of sp³-hybridized carbons (Fsp3) is 0. The minimum Gasteiger partial charge on any atom is -0.206 e. The topological polar surface area (TPSA) is 23.8 Å². The monoisotopic (exact) mass is 303 g/mol. The molecule has 1 heterocycles. The van der Waals surface area contributed by atoms with E-state index in [1.165, 1.54) is 17.4 Å². The first-order valence-electron chi connectivity index (χ1n) is 3.49. The molecule has 1 aromatic carbocycles. The summed E-state index contributed by atoms with van der Waals surface area (Å²) in [5.74, 6) is -0.313. The van der Waals surface area contributed by atoms with Crippen molar-refractivity contribution in [2.45, 2.75) is 0 Å². The van der Waals surface area contributed by atoms with Crippen molar-refractivity contribution in [3.05, 3.63) is 32.5 Å². The molecule has 0 saturated heterocycles. The van der Waals surface area contributed by atoms with Crippen molar-refractivity contribution in [1.82, 2.24) is 0 Å². The van der Waals surface area contributed by atoms with Crippen molar-refractivity contribution < 1.29 is 4.39 Å². The van der Waals surface area contributed by atoms with E-state index < -0.39 is 0 Å². The molecule has 4 heteroatoms. The minimum absolute atomic E-state index is 0.313. The van der Waals surface area contributed by atoms with Crippen LogP contribution in [0.5, 0.6) is 0 Å². The van der Waals surface area contributed by atoms with Crippen LogP contribution in [0, 0.1) is 20.7 Å². The zero-order chi connectivity index (χ0) is 9.42. The summed E-state index contributed by atoms with van der Waals surface area (Å²) in [5.41, 5.74) is 0.411. The molecule has 0 aliphatic carbocycles. The van der Waals surface area contributed by atoms with E-state index in [9.17, 15) is 4.39 Å². The second kappa shape index (κ2) is 3.24. The van der Waals surface area contributed by atoms with Gasteiger partial charge < -0.3 is 0 Å². The fourth-order valence-corrected chi connectivity index (χ4v) is 2.83. The Bertz CT molecular complexity index is 512. The van der Waals surface area contributed by atoms with E-state index in [1.54, 1.807) is 0 Å². The second-order valence-electron chi connectivity index (χ2n) is 2.50. The Labute approximate surface area is 91.9 Å². The molecule has 0 amide bonds. The van der Waals surface area contributed by atoms with Crippen molar-refractivity contribution in [2.75, 3.05) is 0 Å². The molecule has 0 unspecified atom stereocenters. The molecule has 0 aliphatic heterocycles. The largest absolute Gasteiger partial charge is 0.206 e. The molecule has 0 spiro atoms. The zero-order valence-corrected chi connectivity index (χ0v) is 9.32. The molecule has 64 valence electrons. The van der Waals surface area contributed by atoms with E-state index in [0.717, 1.165) is 10.1 Å². The number of nitriles is 1. The van der Waals surface area contributed by atoms with Crippen molar-refractivity contribution >= 4 is 44.0 Å². The Hall–Kier alpha value is -0.670. The van der Waals surface area contributed by atoms with Gasteiger partial charge in [-0.25, -0.2) is 4.39 Å². The number of hydrogen-bond donors (Lipinski definition) is 0. The van der Waals surface area contributed by atoms with Crippen molar-refractivity contribution in [1.29, 1.82) is 5.26 Å². The highest BCUT2D eigenvalue weighted by Crippen LogP contribution is 2.30. The summed E-state index contributed by atoms with van der Waals surface area (Å²) in [6.07, 6.45) is 0. The van der Waals surface area contributed by atoms with Crippen LogP contribution in [0.4, 0.5) is 4.39 Å². The summed E-state index contributed by atoms with van der Waals surface area (Å²) in [6, 6.07) is 5.12. The molecule has 2 rings (SSSR count). The van der Waals surface area contributed by atoms with Crippen LogP contribution in [0.1, 0.15) is 5.56 Å². The van der Waals surface area contributed by atoms with Gasteiger partial charge in [0.15, 0.2) is 0 Å². The molecule has 0 fully saturated rings. The Kier molecular flexibility index (Phi) is 2.22. The molecule has 13 heavy (non-hydrogen) atoms. The normalized spacial score (nSPS) is 10.2. The fourth-order valence-electron chi connectivity index (χ4n) is 1.16. The van der Waals surface area contributed by atoms with Crippen LogP contribution in [0.2, 0.25) is 0 Å². The maximum absolute atomic E-state index is 13.2. The van der Waals surface area contributed by atoms with Crippen LogP contribution in [-0.2, 0) is 0 Å². The predicted octanol–water partition coefficient (Wildman–Crippen LogP) is 3.52. The molecular formula is C9H3FINS. The van der Waals surface area contributed by atoms with E-state index in [-0.39, 0.29) is 5.82 Å². The minimum atomic E-state index is -0.313. The number of benzene rings is 1. The van der Waals surface area contributed by atoms with Crippen LogP contribution in [0.25, 0.3) is 10.1 Å². The molecule has 1 nitrogen and oxygen atoms in total. The Balaban J connectivity index is 2.97. The number of hydrogen-bond acceptors (Lipinski definition) is 2. The predicted molar refractivity (Wildman–Crippen MR) is 59.2 cm³/mol. The van der Waals surface area contributed by atoms with Gasteiger partial charge in [0.25, 0.3) is 0 Å². The highest BCUT2D eigenvalue weighted by atomic mass is 127.